The minimum Gasteiger partial charge on any atom is -0.369 e. The summed E-state index contributed by atoms with van der Waals surface area (Å²) >= 11 is 0. The average Bonchev–Trinajstić information content (AvgIpc) is 2.22. The van der Waals surface area contributed by atoms with Crippen molar-refractivity contribution in [1.82, 2.24) is 5.32 Å². The number of rotatable bonds is 1. The second-order valence-corrected chi connectivity index (χ2v) is 2.85. The van der Waals surface area contributed by atoms with Gasteiger partial charge in [-0.25, -0.2) is 18.5 Å². The first-order valence-corrected chi connectivity index (χ1v) is 4.29. The molecule has 0 atom stereocenters. The van der Waals surface area contributed by atoms with E-state index in [1.807, 2.05) is 0 Å². The number of hydrogen-bond acceptors (Lipinski definition) is 2. The number of para-hydroxylation sites is 1. The Bertz CT molecular complexity index is 415. The number of benzene rings is 1. The van der Waals surface area contributed by atoms with Crippen molar-refractivity contribution in [3.8, 4) is 0 Å². The Morgan fingerprint density at radius 1 is 1.44 bits per heavy atom. The van der Waals surface area contributed by atoms with E-state index in [1.54, 1.807) is 0 Å². The molecule has 0 saturated heterocycles. The molecule has 0 heterocycles. The van der Waals surface area contributed by atoms with Crippen LogP contribution >= 0.6 is 0 Å². The van der Waals surface area contributed by atoms with Crippen LogP contribution in [0.25, 0.3) is 0 Å². The van der Waals surface area contributed by atoms with Gasteiger partial charge in [0.2, 0.25) is 5.96 Å². The summed E-state index contributed by atoms with van der Waals surface area (Å²) < 4.78 is 26.7. The quantitative estimate of drug-likeness (QED) is 0.495. The first-order valence-electron chi connectivity index (χ1n) is 4.29. The Labute approximate surface area is 90.4 Å². The summed E-state index contributed by atoms with van der Waals surface area (Å²) in [5.41, 5.74) is 4.43. The van der Waals surface area contributed by atoms with Crippen LogP contribution in [-0.2, 0) is 0 Å². The van der Waals surface area contributed by atoms with E-state index < -0.39 is 29.3 Å². The van der Waals surface area contributed by atoms with Gasteiger partial charge in [-0.3, -0.25) is 5.41 Å². The minimum absolute atomic E-state index is 0.407. The molecule has 0 saturated carbocycles. The fourth-order valence-corrected chi connectivity index (χ4v) is 1.15. The van der Waals surface area contributed by atoms with Crippen LogP contribution in [0.3, 0.4) is 0 Å². The zero-order valence-corrected chi connectivity index (χ0v) is 8.42. The molecule has 0 aromatic heterocycles. The molecule has 0 unspecified atom stereocenters. The third-order valence-corrected chi connectivity index (χ3v) is 1.82. The van der Waals surface area contributed by atoms with E-state index in [0.29, 0.717) is 4.90 Å². The lowest BCUT2D eigenvalue weighted by Gasteiger charge is -2.20. The molecule has 0 bridgehead atoms. The maximum absolute atomic E-state index is 13.3. The van der Waals surface area contributed by atoms with Gasteiger partial charge in [0.15, 0.2) is 0 Å². The van der Waals surface area contributed by atoms with E-state index in [-0.39, 0.29) is 0 Å². The van der Waals surface area contributed by atoms with Crippen molar-refractivity contribution >= 4 is 17.7 Å². The Balaban J connectivity index is 3.32. The van der Waals surface area contributed by atoms with E-state index in [9.17, 15) is 13.6 Å². The second kappa shape index (κ2) is 4.56. The summed E-state index contributed by atoms with van der Waals surface area (Å²) in [6, 6.07) is 2.20. The summed E-state index contributed by atoms with van der Waals surface area (Å²) in [5, 5.41) is 9.26. The molecule has 5 nitrogen and oxygen atoms in total. The average molecular weight is 228 g/mol. The van der Waals surface area contributed by atoms with Gasteiger partial charge in [0.1, 0.15) is 17.3 Å². The highest BCUT2D eigenvalue weighted by atomic mass is 19.1. The number of urea groups is 1. The van der Waals surface area contributed by atoms with Crippen LogP contribution in [0.4, 0.5) is 19.3 Å². The number of nitrogens with zero attached hydrogens (tertiary/aromatic N) is 1. The molecule has 0 aliphatic rings. The molecular weight excluding hydrogens is 218 g/mol. The summed E-state index contributed by atoms with van der Waals surface area (Å²) in [4.78, 5) is 11.7. The number of halogens is 2. The number of nitrogens with two attached hydrogens (primary N) is 1. The molecule has 16 heavy (non-hydrogen) atoms. The van der Waals surface area contributed by atoms with Crippen molar-refractivity contribution in [2.45, 2.75) is 0 Å². The van der Waals surface area contributed by atoms with Gasteiger partial charge in [0, 0.05) is 7.05 Å². The van der Waals surface area contributed by atoms with Gasteiger partial charge < -0.3 is 11.1 Å². The van der Waals surface area contributed by atoms with Gasteiger partial charge in [-0.05, 0) is 12.1 Å². The number of carbonyl (C=O) groups excluding carboxylic acids is 1. The molecule has 0 spiro atoms. The predicted molar refractivity (Wildman–Crippen MR) is 55.2 cm³/mol. The van der Waals surface area contributed by atoms with Gasteiger partial charge in [-0.1, -0.05) is 6.07 Å². The normalized spacial score (nSPS) is 9.69. The van der Waals surface area contributed by atoms with Crippen LogP contribution in [0.5, 0.6) is 0 Å². The molecular formula is C9H10F2N4O. The maximum Gasteiger partial charge on any atom is 0.328 e. The fourth-order valence-electron chi connectivity index (χ4n) is 1.15. The molecule has 0 aliphatic carbocycles. The third-order valence-electron chi connectivity index (χ3n) is 1.82. The van der Waals surface area contributed by atoms with Crippen LogP contribution in [0.1, 0.15) is 0 Å². The van der Waals surface area contributed by atoms with Crippen LogP contribution in [0.2, 0.25) is 0 Å². The summed E-state index contributed by atoms with van der Waals surface area (Å²) in [5.74, 6) is -2.72. The van der Waals surface area contributed by atoms with E-state index in [2.05, 4.69) is 5.32 Å². The number of hydrogen-bond donors (Lipinski definition) is 3. The lowest BCUT2D eigenvalue weighted by Crippen LogP contribution is -2.47. The minimum atomic E-state index is -0.973. The van der Waals surface area contributed by atoms with Crippen LogP contribution in [0, 0.1) is 17.0 Å². The molecule has 7 heteroatoms. The molecule has 0 aliphatic heterocycles. The van der Waals surface area contributed by atoms with E-state index in [0.717, 1.165) is 18.2 Å². The number of anilines is 1. The molecule has 4 N–H and O–H groups in total. The Morgan fingerprint density at radius 3 is 2.31 bits per heavy atom. The second-order valence-electron chi connectivity index (χ2n) is 2.85. The fraction of sp³-hybridized carbons (Fsp3) is 0.111. The summed E-state index contributed by atoms with van der Waals surface area (Å²) in [7, 11) is 1.26. The molecule has 0 radical (unpaired) electrons. The van der Waals surface area contributed by atoms with Crippen molar-refractivity contribution in [2.24, 2.45) is 5.73 Å². The van der Waals surface area contributed by atoms with E-state index in [1.165, 1.54) is 7.05 Å². The standard InChI is InChI=1S/C9H10F2N4O/c1-14-9(16)15(8(12)13)7-5(10)3-2-4-6(7)11/h2-4H,1H3,(H3,12,13)(H,14,16). The number of guanidine groups is 1. The van der Waals surface area contributed by atoms with Gasteiger partial charge in [0.05, 0.1) is 0 Å². The van der Waals surface area contributed by atoms with Crippen LogP contribution in [-0.4, -0.2) is 19.0 Å². The Hall–Kier alpha value is -2.18. The maximum atomic E-state index is 13.3. The SMILES string of the molecule is CNC(=O)N(C(=N)N)c1c(F)cccc1F. The van der Waals surface area contributed by atoms with Gasteiger partial charge in [-0.2, -0.15) is 0 Å². The molecule has 1 rings (SSSR count). The molecule has 1 aromatic rings. The summed E-state index contributed by atoms with van der Waals surface area (Å²) in [6.45, 7) is 0. The van der Waals surface area contributed by atoms with Gasteiger partial charge in [-0.15, -0.1) is 0 Å². The van der Waals surface area contributed by atoms with E-state index >= 15 is 0 Å². The van der Waals surface area contributed by atoms with Crippen molar-refractivity contribution in [3.05, 3.63) is 29.8 Å². The topological polar surface area (TPSA) is 82.2 Å². The monoisotopic (exact) mass is 228 g/mol. The lowest BCUT2D eigenvalue weighted by molar-refractivity contribution is 0.250. The van der Waals surface area contributed by atoms with Gasteiger partial charge >= 0.3 is 6.03 Å². The Kier molecular flexibility index (Phi) is 3.39. The highest BCUT2D eigenvalue weighted by Gasteiger charge is 2.24. The largest absolute Gasteiger partial charge is 0.369 e. The summed E-state index contributed by atoms with van der Waals surface area (Å²) in [6.07, 6.45) is 0. The van der Waals surface area contributed by atoms with E-state index in [4.69, 9.17) is 11.1 Å². The van der Waals surface area contributed by atoms with Crippen molar-refractivity contribution in [2.75, 3.05) is 11.9 Å². The zero-order valence-electron chi connectivity index (χ0n) is 8.42. The van der Waals surface area contributed by atoms with Crippen molar-refractivity contribution in [1.29, 1.82) is 5.41 Å². The predicted octanol–water partition coefficient (Wildman–Crippen LogP) is 1.00. The third kappa shape index (κ3) is 2.08. The smallest absolute Gasteiger partial charge is 0.328 e. The van der Waals surface area contributed by atoms with Gasteiger partial charge in [0.25, 0.3) is 0 Å². The highest BCUT2D eigenvalue weighted by molar-refractivity contribution is 6.13. The van der Waals surface area contributed by atoms with Crippen molar-refractivity contribution < 1.29 is 13.6 Å². The van der Waals surface area contributed by atoms with Crippen LogP contribution < -0.4 is 16.0 Å². The number of nitrogens with one attached hydrogen (secondary N) is 2. The molecule has 1 aromatic carbocycles. The molecule has 2 amide bonds. The highest BCUT2D eigenvalue weighted by Crippen LogP contribution is 2.22. The Morgan fingerprint density at radius 2 is 1.94 bits per heavy atom. The number of amides is 2. The molecule has 86 valence electrons. The van der Waals surface area contributed by atoms with Crippen molar-refractivity contribution in [3.63, 3.8) is 0 Å². The molecule has 0 fully saturated rings. The number of carbonyl (C=O) groups is 1. The zero-order chi connectivity index (χ0) is 12.3. The first kappa shape index (κ1) is 11.9. The first-order chi connectivity index (χ1) is 7.49. The lowest BCUT2D eigenvalue weighted by atomic mass is 10.2. The van der Waals surface area contributed by atoms with Crippen LogP contribution in [0.15, 0.2) is 18.2 Å².